The highest BCUT2D eigenvalue weighted by Gasteiger charge is 2.29. The van der Waals surface area contributed by atoms with Crippen LogP contribution in [0.25, 0.3) is 0 Å². The van der Waals surface area contributed by atoms with E-state index in [1.807, 2.05) is 0 Å². The molecule has 0 bridgehead atoms. The van der Waals surface area contributed by atoms with Gasteiger partial charge in [0.15, 0.2) is 0 Å². The van der Waals surface area contributed by atoms with Crippen LogP contribution in [0.5, 0.6) is 5.75 Å². The van der Waals surface area contributed by atoms with Crippen molar-refractivity contribution in [1.82, 2.24) is 15.1 Å². The van der Waals surface area contributed by atoms with Gasteiger partial charge in [-0.2, -0.15) is 0 Å². The summed E-state index contributed by atoms with van der Waals surface area (Å²) in [5.74, 6) is 1.86. The number of halogens is 1. The van der Waals surface area contributed by atoms with Crippen LogP contribution in [0, 0.1) is 17.7 Å². The summed E-state index contributed by atoms with van der Waals surface area (Å²) in [6, 6.07) is 4.97. The molecular formula is C22H34FN3O2. The molecule has 0 aromatic heterocycles. The van der Waals surface area contributed by atoms with Crippen LogP contribution in [0.2, 0.25) is 0 Å². The molecule has 1 saturated heterocycles. The lowest BCUT2D eigenvalue weighted by Gasteiger charge is -2.37. The minimum atomic E-state index is -0.239. The van der Waals surface area contributed by atoms with E-state index in [4.69, 9.17) is 4.74 Å². The fourth-order valence-electron chi connectivity index (χ4n) is 4.46. The summed E-state index contributed by atoms with van der Waals surface area (Å²) in [6.07, 6.45) is 3.57. The topological polar surface area (TPSA) is 44.8 Å². The van der Waals surface area contributed by atoms with Crippen molar-refractivity contribution < 1.29 is 13.9 Å². The molecule has 1 aromatic rings. The van der Waals surface area contributed by atoms with Crippen LogP contribution in [0.1, 0.15) is 38.7 Å². The summed E-state index contributed by atoms with van der Waals surface area (Å²) in [7, 11) is 1.61. The molecule has 5 nitrogen and oxygen atoms in total. The zero-order valence-corrected chi connectivity index (χ0v) is 17.4. The third kappa shape index (κ3) is 5.45. The number of carbonyl (C=O) groups is 1. The average Bonchev–Trinajstić information content (AvgIpc) is 2.67. The number of carbonyl (C=O) groups excluding carboxylic acids is 1. The Kier molecular flexibility index (Phi) is 7.30. The molecule has 1 saturated carbocycles. The normalized spacial score (nSPS) is 26.8. The molecule has 3 rings (SSSR count). The monoisotopic (exact) mass is 391 g/mol. The van der Waals surface area contributed by atoms with E-state index in [2.05, 4.69) is 29.0 Å². The molecule has 2 aliphatic rings. The van der Waals surface area contributed by atoms with Crippen molar-refractivity contribution in [3.05, 3.63) is 29.6 Å². The van der Waals surface area contributed by atoms with Gasteiger partial charge in [0.2, 0.25) is 5.91 Å². The maximum absolute atomic E-state index is 13.6. The lowest BCUT2D eigenvalue weighted by Crippen LogP contribution is -2.51. The highest BCUT2D eigenvalue weighted by Crippen LogP contribution is 2.29. The molecule has 156 valence electrons. The van der Waals surface area contributed by atoms with Crippen molar-refractivity contribution >= 4 is 5.91 Å². The quantitative estimate of drug-likeness (QED) is 0.810. The molecule has 1 heterocycles. The Morgan fingerprint density at radius 2 is 1.89 bits per heavy atom. The zero-order valence-electron chi connectivity index (χ0n) is 17.4. The standard InChI is InChI=1S/C22H34FN3O2/c1-16-5-4-6-20(17(16)2)24-22(27)15-26-11-9-25(10-12-26)14-18-13-19(23)7-8-21(18)28-3/h7-8,13,16-17,20H,4-6,9-12,14-15H2,1-3H3,(H,24,27)/t16-,17+,20-/m0/s1. The first-order valence-electron chi connectivity index (χ1n) is 10.5. The van der Waals surface area contributed by atoms with Gasteiger partial charge in [-0.15, -0.1) is 0 Å². The number of nitrogens with zero attached hydrogens (tertiary/aromatic N) is 2. The summed E-state index contributed by atoms with van der Waals surface area (Å²) in [6.45, 7) is 9.11. The minimum absolute atomic E-state index is 0.145. The molecule has 28 heavy (non-hydrogen) atoms. The van der Waals surface area contributed by atoms with Gasteiger partial charge in [-0.3, -0.25) is 14.6 Å². The van der Waals surface area contributed by atoms with E-state index in [0.29, 0.717) is 31.0 Å². The Bertz CT molecular complexity index is 661. The SMILES string of the molecule is COc1ccc(F)cc1CN1CCN(CC(=O)N[C@H]2CCC[C@H](C)[C@H]2C)CC1. The third-order valence-electron chi connectivity index (χ3n) is 6.52. The second-order valence-corrected chi connectivity index (χ2v) is 8.45. The first-order chi connectivity index (χ1) is 13.5. The Hall–Kier alpha value is -1.66. The summed E-state index contributed by atoms with van der Waals surface area (Å²) in [4.78, 5) is 17.0. The molecule has 1 amide bonds. The number of piperazine rings is 1. The Morgan fingerprint density at radius 1 is 1.18 bits per heavy atom. The molecule has 1 aliphatic heterocycles. The van der Waals surface area contributed by atoms with Crippen molar-refractivity contribution in [2.24, 2.45) is 11.8 Å². The number of benzene rings is 1. The molecule has 0 spiro atoms. The summed E-state index contributed by atoms with van der Waals surface area (Å²) in [5.41, 5.74) is 0.870. The van der Waals surface area contributed by atoms with Crippen molar-refractivity contribution in [1.29, 1.82) is 0 Å². The number of hydrogen-bond acceptors (Lipinski definition) is 4. The molecule has 1 N–H and O–H groups in total. The van der Waals surface area contributed by atoms with E-state index in [1.54, 1.807) is 19.2 Å². The Labute approximate surface area is 168 Å². The molecule has 1 aromatic carbocycles. The van der Waals surface area contributed by atoms with Crippen molar-refractivity contribution in [3.8, 4) is 5.75 Å². The average molecular weight is 392 g/mol. The van der Waals surface area contributed by atoms with Gasteiger partial charge < -0.3 is 10.1 Å². The van der Waals surface area contributed by atoms with Crippen molar-refractivity contribution in [2.45, 2.75) is 45.7 Å². The molecule has 6 heteroatoms. The fourth-order valence-corrected chi connectivity index (χ4v) is 4.46. The first kappa shape index (κ1) is 21.1. The van der Waals surface area contributed by atoms with Crippen LogP contribution < -0.4 is 10.1 Å². The number of rotatable bonds is 6. The van der Waals surface area contributed by atoms with E-state index in [-0.39, 0.29) is 11.7 Å². The van der Waals surface area contributed by atoms with Gasteiger partial charge in [0.1, 0.15) is 11.6 Å². The van der Waals surface area contributed by atoms with Crippen molar-refractivity contribution in [2.75, 3.05) is 39.8 Å². The van der Waals surface area contributed by atoms with Crippen molar-refractivity contribution in [3.63, 3.8) is 0 Å². The minimum Gasteiger partial charge on any atom is -0.496 e. The van der Waals surface area contributed by atoms with Gasteiger partial charge in [-0.25, -0.2) is 4.39 Å². The second-order valence-electron chi connectivity index (χ2n) is 8.45. The molecule has 3 atom stereocenters. The van der Waals surface area contributed by atoms with Gasteiger partial charge in [-0.05, 0) is 36.5 Å². The molecule has 0 unspecified atom stereocenters. The lowest BCUT2D eigenvalue weighted by molar-refractivity contribution is -0.124. The number of nitrogens with one attached hydrogen (secondary N) is 1. The van der Waals surface area contributed by atoms with E-state index in [9.17, 15) is 9.18 Å². The van der Waals surface area contributed by atoms with Gasteiger partial charge >= 0.3 is 0 Å². The third-order valence-corrected chi connectivity index (χ3v) is 6.52. The van der Waals surface area contributed by atoms with Crippen LogP contribution >= 0.6 is 0 Å². The van der Waals surface area contributed by atoms with Gasteiger partial charge in [0, 0.05) is 44.3 Å². The zero-order chi connectivity index (χ0) is 20.1. The second kappa shape index (κ2) is 9.70. The van der Waals surface area contributed by atoms with Crippen LogP contribution in [-0.2, 0) is 11.3 Å². The van der Waals surface area contributed by atoms with Crippen LogP contribution in [0.15, 0.2) is 18.2 Å². The number of hydrogen-bond donors (Lipinski definition) is 1. The van der Waals surface area contributed by atoms with Gasteiger partial charge in [0.25, 0.3) is 0 Å². The van der Waals surface area contributed by atoms with E-state index in [1.165, 1.54) is 18.9 Å². The Morgan fingerprint density at radius 3 is 2.61 bits per heavy atom. The van der Waals surface area contributed by atoms with Crippen LogP contribution in [-0.4, -0.2) is 61.6 Å². The lowest BCUT2D eigenvalue weighted by atomic mass is 9.78. The van der Waals surface area contributed by atoms with E-state index in [0.717, 1.165) is 43.9 Å². The predicted molar refractivity (Wildman–Crippen MR) is 109 cm³/mol. The highest BCUT2D eigenvalue weighted by atomic mass is 19.1. The smallest absolute Gasteiger partial charge is 0.234 e. The molecular weight excluding hydrogens is 357 g/mol. The number of ether oxygens (including phenoxy) is 1. The summed E-state index contributed by atoms with van der Waals surface area (Å²) >= 11 is 0. The number of methoxy groups -OCH3 is 1. The molecule has 2 fully saturated rings. The summed E-state index contributed by atoms with van der Waals surface area (Å²) < 4.78 is 18.9. The van der Waals surface area contributed by atoms with E-state index >= 15 is 0 Å². The number of amides is 1. The highest BCUT2D eigenvalue weighted by molar-refractivity contribution is 5.78. The summed E-state index contributed by atoms with van der Waals surface area (Å²) in [5, 5.41) is 3.27. The maximum Gasteiger partial charge on any atom is 0.234 e. The van der Waals surface area contributed by atoms with Crippen LogP contribution in [0.3, 0.4) is 0 Å². The Balaban J connectivity index is 1.44. The fraction of sp³-hybridized carbons (Fsp3) is 0.682. The van der Waals surface area contributed by atoms with Crippen LogP contribution in [0.4, 0.5) is 4.39 Å². The van der Waals surface area contributed by atoms with Gasteiger partial charge in [0.05, 0.1) is 13.7 Å². The molecule has 0 radical (unpaired) electrons. The molecule has 1 aliphatic carbocycles. The van der Waals surface area contributed by atoms with E-state index < -0.39 is 0 Å². The maximum atomic E-state index is 13.6. The largest absolute Gasteiger partial charge is 0.496 e. The first-order valence-corrected chi connectivity index (χ1v) is 10.5. The van der Waals surface area contributed by atoms with Gasteiger partial charge in [-0.1, -0.05) is 26.7 Å². The predicted octanol–water partition coefficient (Wildman–Crippen LogP) is 2.89.